The van der Waals surface area contributed by atoms with E-state index in [0.717, 1.165) is 5.71 Å². The van der Waals surface area contributed by atoms with Crippen LogP contribution in [0.2, 0.25) is 5.15 Å². The van der Waals surface area contributed by atoms with Crippen LogP contribution >= 0.6 is 23.5 Å². The van der Waals surface area contributed by atoms with E-state index < -0.39 is 24.1 Å². The Morgan fingerprint density at radius 2 is 2.13 bits per heavy atom. The van der Waals surface area contributed by atoms with Gasteiger partial charge in [0.2, 0.25) is 5.88 Å². The van der Waals surface area contributed by atoms with Crippen LogP contribution in [0.25, 0.3) is 5.82 Å². The molecule has 4 rings (SSSR count). The summed E-state index contributed by atoms with van der Waals surface area (Å²) in [5.74, 6) is -1.49. The van der Waals surface area contributed by atoms with Crippen molar-refractivity contribution in [2.24, 2.45) is 11.0 Å². The van der Waals surface area contributed by atoms with Gasteiger partial charge in [-0.05, 0) is 37.4 Å². The molecule has 8 nitrogen and oxygen atoms in total. The molecule has 1 N–H and O–H groups in total. The van der Waals surface area contributed by atoms with Crippen molar-refractivity contribution in [2.45, 2.75) is 30.9 Å². The van der Waals surface area contributed by atoms with Crippen LogP contribution in [-0.2, 0) is 0 Å². The number of nitrogens with zero attached hydrogens (tertiary/aromatic N) is 5. The number of carbonyl (C=O) groups is 1. The fourth-order valence-corrected chi connectivity index (χ4v) is 4.17. The summed E-state index contributed by atoms with van der Waals surface area (Å²) < 4.78 is 47.2. The van der Waals surface area contributed by atoms with E-state index in [9.17, 15) is 18.0 Å². The number of alkyl halides is 3. The van der Waals surface area contributed by atoms with Crippen LogP contribution in [0.1, 0.15) is 23.7 Å². The largest absolute Gasteiger partial charge is 0.473 e. The third-order valence-electron chi connectivity index (χ3n) is 4.82. The van der Waals surface area contributed by atoms with Crippen LogP contribution in [0.4, 0.5) is 13.2 Å². The van der Waals surface area contributed by atoms with Crippen LogP contribution in [0.3, 0.4) is 0 Å². The number of aromatic nitrogens is 3. The second-order valence-corrected chi connectivity index (χ2v) is 8.63. The number of hydrogen-bond donors (Lipinski definition) is 1. The highest BCUT2D eigenvalue weighted by Gasteiger charge is 2.58. The molecule has 31 heavy (non-hydrogen) atoms. The Morgan fingerprint density at radius 1 is 1.35 bits per heavy atom. The fourth-order valence-electron chi connectivity index (χ4n) is 3.07. The number of hydrogen-bond acceptors (Lipinski definition) is 7. The van der Waals surface area contributed by atoms with E-state index in [4.69, 9.17) is 16.3 Å². The minimum atomic E-state index is -4.27. The third kappa shape index (κ3) is 4.90. The summed E-state index contributed by atoms with van der Waals surface area (Å²) in [6.45, 7) is 2.58. The van der Waals surface area contributed by atoms with Gasteiger partial charge in [-0.25, -0.2) is 9.67 Å². The van der Waals surface area contributed by atoms with Crippen LogP contribution in [0.5, 0.6) is 5.88 Å². The van der Waals surface area contributed by atoms with Crippen molar-refractivity contribution in [3.8, 4) is 11.7 Å². The first-order chi connectivity index (χ1) is 14.6. The minimum absolute atomic E-state index is 0.0261. The molecule has 2 aliphatic rings. The Labute approximate surface area is 184 Å². The summed E-state index contributed by atoms with van der Waals surface area (Å²) in [6.07, 6.45) is -3.77. The number of hydrazone groups is 1. The summed E-state index contributed by atoms with van der Waals surface area (Å²) in [5, 5.41) is 10.2. The van der Waals surface area contributed by atoms with Crippen LogP contribution in [-0.4, -0.2) is 62.5 Å². The predicted octanol–water partition coefficient (Wildman–Crippen LogP) is 3.32. The molecule has 13 heteroatoms. The Morgan fingerprint density at radius 3 is 2.74 bits per heavy atom. The van der Waals surface area contributed by atoms with Crippen LogP contribution in [0, 0.1) is 5.92 Å². The molecule has 0 aromatic carbocycles. The maximum absolute atomic E-state index is 12.6. The monoisotopic (exact) mass is 474 g/mol. The summed E-state index contributed by atoms with van der Waals surface area (Å²) in [6, 6.07) is 4.49. The summed E-state index contributed by atoms with van der Waals surface area (Å²) in [7, 11) is 1.86. The molecule has 1 aliphatic heterocycles. The van der Waals surface area contributed by atoms with E-state index in [1.165, 1.54) is 41.0 Å². The maximum atomic E-state index is 12.6. The average Bonchev–Trinajstić information content (AvgIpc) is 3.19. The van der Waals surface area contributed by atoms with E-state index in [-0.39, 0.29) is 28.3 Å². The van der Waals surface area contributed by atoms with Gasteiger partial charge < -0.3 is 4.74 Å². The summed E-state index contributed by atoms with van der Waals surface area (Å²) in [4.78, 5) is 16.6. The molecule has 1 fully saturated rings. The van der Waals surface area contributed by atoms with Gasteiger partial charge in [0, 0.05) is 19.3 Å². The number of ether oxygens (including phenoxy) is 1. The van der Waals surface area contributed by atoms with Crippen molar-refractivity contribution in [2.75, 3.05) is 13.6 Å². The zero-order valence-corrected chi connectivity index (χ0v) is 18.0. The van der Waals surface area contributed by atoms with E-state index >= 15 is 0 Å². The summed E-state index contributed by atoms with van der Waals surface area (Å²) in [5.41, 5.74) is 1.10. The molecule has 166 valence electrons. The van der Waals surface area contributed by atoms with Gasteiger partial charge in [0.15, 0.2) is 5.82 Å². The smallest absolute Gasteiger partial charge is 0.395 e. The zero-order valence-electron chi connectivity index (χ0n) is 16.4. The Hall–Kier alpha value is -2.47. The third-order valence-corrected chi connectivity index (χ3v) is 6.19. The highest BCUT2D eigenvalue weighted by atomic mass is 35.5. The SMILES string of the molecule is CC1=NN(C)CC1SNC(=O)c1ccc(-n2ccc(O[C@@H]3C[C@H]3C(F)(F)F)n2)nc1Cl. The van der Waals surface area contributed by atoms with E-state index in [2.05, 4.69) is 19.9 Å². The van der Waals surface area contributed by atoms with Crippen molar-refractivity contribution in [3.63, 3.8) is 0 Å². The second kappa shape index (κ2) is 8.23. The fraction of sp³-hybridized carbons (Fsp3) is 0.444. The van der Waals surface area contributed by atoms with E-state index in [1.807, 2.05) is 14.0 Å². The molecule has 0 radical (unpaired) electrons. The van der Waals surface area contributed by atoms with Gasteiger partial charge in [-0.1, -0.05) is 11.6 Å². The van der Waals surface area contributed by atoms with Crippen molar-refractivity contribution in [3.05, 3.63) is 35.1 Å². The molecular weight excluding hydrogens is 457 g/mol. The molecule has 0 bridgehead atoms. The molecule has 1 amide bonds. The van der Waals surface area contributed by atoms with Crippen molar-refractivity contribution in [1.82, 2.24) is 24.5 Å². The number of carbonyl (C=O) groups excluding carboxylic acids is 1. The van der Waals surface area contributed by atoms with E-state index in [0.29, 0.717) is 12.4 Å². The first-order valence-electron chi connectivity index (χ1n) is 9.30. The second-order valence-electron chi connectivity index (χ2n) is 7.27. The minimum Gasteiger partial charge on any atom is -0.473 e. The summed E-state index contributed by atoms with van der Waals surface area (Å²) >= 11 is 7.43. The highest BCUT2D eigenvalue weighted by Crippen LogP contribution is 2.46. The first-order valence-corrected chi connectivity index (χ1v) is 10.6. The maximum Gasteiger partial charge on any atom is 0.395 e. The van der Waals surface area contributed by atoms with Crippen molar-refractivity contribution in [1.29, 1.82) is 0 Å². The van der Waals surface area contributed by atoms with Crippen molar-refractivity contribution >= 4 is 35.2 Å². The molecule has 3 heterocycles. The van der Waals surface area contributed by atoms with E-state index in [1.54, 1.807) is 5.01 Å². The normalized spacial score (nSPS) is 23.0. The molecule has 3 atom stereocenters. The molecule has 0 saturated heterocycles. The topological polar surface area (TPSA) is 84.6 Å². The molecule has 1 unspecified atom stereocenters. The predicted molar refractivity (Wildman–Crippen MR) is 110 cm³/mol. The molecule has 1 saturated carbocycles. The van der Waals surface area contributed by atoms with Gasteiger partial charge in [-0.2, -0.15) is 18.3 Å². The Balaban J connectivity index is 1.37. The van der Waals surface area contributed by atoms with Gasteiger partial charge in [0.25, 0.3) is 5.91 Å². The van der Waals surface area contributed by atoms with Crippen molar-refractivity contribution < 1.29 is 22.7 Å². The molecule has 2 aromatic rings. The molecule has 2 aromatic heterocycles. The molecular formula is C18H18ClF3N6O2S. The number of halogens is 4. The highest BCUT2D eigenvalue weighted by molar-refractivity contribution is 7.99. The first kappa shape index (κ1) is 21.8. The number of pyridine rings is 1. The van der Waals surface area contributed by atoms with Crippen LogP contribution < -0.4 is 9.46 Å². The van der Waals surface area contributed by atoms with Gasteiger partial charge in [-0.15, -0.1) is 5.10 Å². The van der Waals surface area contributed by atoms with Gasteiger partial charge in [0.05, 0.1) is 29.0 Å². The Bertz CT molecular complexity index is 1030. The van der Waals surface area contributed by atoms with Gasteiger partial charge >= 0.3 is 6.18 Å². The molecule has 0 spiro atoms. The quantitative estimate of drug-likeness (QED) is 0.511. The standard InChI is InChI=1S/C18H18ClF3N6O2S/c1-9-13(8-27(2)24-9)31-26-17(29)10-3-4-14(23-16(10)19)28-6-5-15(25-28)30-12-7-11(12)18(20,21)22/h3-6,11-13H,7-8H2,1-2H3,(H,26,29)/t11-,12-,13?/m1/s1. The lowest BCUT2D eigenvalue weighted by Crippen LogP contribution is -2.26. The van der Waals surface area contributed by atoms with Crippen LogP contribution in [0.15, 0.2) is 29.5 Å². The lowest BCUT2D eigenvalue weighted by Gasteiger charge is -2.12. The van der Waals surface area contributed by atoms with Gasteiger partial charge in [-0.3, -0.25) is 14.5 Å². The average molecular weight is 475 g/mol. The number of rotatable bonds is 6. The van der Waals surface area contributed by atoms with Gasteiger partial charge in [0.1, 0.15) is 11.3 Å². The zero-order chi connectivity index (χ0) is 22.3. The molecule has 1 aliphatic carbocycles. The Kier molecular flexibility index (Phi) is 5.77. The number of amides is 1. The lowest BCUT2D eigenvalue weighted by molar-refractivity contribution is -0.153. The lowest BCUT2D eigenvalue weighted by atomic mass is 10.3. The number of nitrogens with one attached hydrogen (secondary N) is 1.